The Morgan fingerprint density at radius 2 is 1.88 bits per heavy atom. The van der Waals surface area contributed by atoms with E-state index in [4.69, 9.17) is 0 Å². The van der Waals surface area contributed by atoms with Crippen molar-refractivity contribution >= 4 is 28.7 Å². The van der Waals surface area contributed by atoms with Crippen LogP contribution in [0.1, 0.15) is 27.2 Å². The average Bonchev–Trinajstić information content (AvgIpc) is 2.20. The van der Waals surface area contributed by atoms with Gasteiger partial charge in [-0.25, -0.2) is 0 Å². The summed E-state index contributed by atoms with van der Waals surface area (Å²) in [6.07, 6.45) is 0.547. The zero-order chi connectivity index (χ0) is 12.6. The van der Waals surface area contributed by atoms with Crippen LogP contribution < -0.4 is 10.6 Å². The van der Waals surface area contributed by atoms with E-state index in [1.165, 1.54) is 25.6 Å². The van der Waals surface area contributed by atoms with Crippen molar-refractivity contribution in [2.75, 3.05) is 12.3 Å². The van der Waals surface area contributed by atoms with Gasteiger partial charge in [-0.1, -0.05) is 18.7 Å². The molecule has 0 bridgehead atoms. The largest absolute Gasteiger partial charge is 0.353 e. The Morgan fingerprint density at radius 1 is 1.25 bits per heavy atom. The second-order valence-electron chi connectivity index (χ2n) is 3.29. The highest BCUT2D eigenvalue weighted by atomic mass is 32.2. The minimum atomic E-state index is -0.486. The first-order chi connectivity index (χ1) is 7.47. The van der Waals surface area contributed by atoms with Gasteiger partial charge in [-0.15, -0.1) is 0 Å². The fraction of sp³-hybridized carbons (Fsp3) is 0.700. The van der Waals surface area contributed by atoms with Crippen molar-refractivity contribution in [2.45, 2.75) is 33.2 Å². The van der Waals surface area contributed by atoms with E-state index < -0.39 is 6.04 Å². The lowest BCUT2D eigenvalue weighted by atomic mass is 10.2. The topological polar surface area (TPSA) is 75.3 Å². The Hall–Kier alpha value is -1.04. The lowest BCUT2D eigenvalue weighted by Gasteiger charge is -2.15. The Balaban J connectivity index is 3.84. The van der Waals surface area contributed by atoms with Gasteiger partial charge in [0.25, 0.3) is 0 Å². The van der Waals surface area contributed by atoms with Gasteiger partial charge in [-0.3, -0.25) is 14.4 Å². The minimum absolute atomic E-state index is 0.0307. The molecule has 92 valence electrons. The second kappa shape index (κ2) is 8.15. The molecule has 16 heavy (non-hydrogen) atoms. The van der Waals surface area contributed by atoms with Crippen LogP contribution in [0.25, 0.3) is 0 Å². The zero-order valence-corrected chi connectivity index (χ0v) is 10.6. The maximum absolute atomic E-state index is 11.5. The van der Waals surface area contributed by atoms with Gasteiger partial charge < -0.3 is 10.6 Å². The zero-order valence-electron chi connectivity index (χ0n) is 9.83. The molecule has 0 radical (unpaired) electrons. The van der Waals surface area contributed by atoms with Crippen molar-refractivity contribution in [1.29, 1.82) is 0 Å². The van der Waals surface area contributed by atoms with E-state index in [1.54, 1.807) is 0 Å². The number of thioether (sulfide) groups is 1. The van der Waals surface area contributed by atoms with Gasteiger partial charge in [0.05, 0.1) is 0 Å². The minimum Gasteiger partial charge on any atom is -0.353 e. The number of hydrogen-bond donors (Lipinski definition) is 2. The van der Waals surface area contributed by atoms with Gasteiger partial charge in [0.2, 0.25) is 11.8 Å². The molecule has 0 aliphatic rings. The molecule has 0 aliphatic carbocycles. The van der Waals surface area contributed by atoms with Crippen molar-refractivity contribution in [3.8, 4) is 0 Å². The first-order valence-electron chi connectivity index (χ1n) is 5.15. The molecule has 0 aromatic carbocycles. The summed E-state index contributed by atoms with van der Waals surface area (Å²) >= 11 is 1.17. The monoisotopic (exact) mass is 246 g/mol. The maximum Gasteiger partial charge on any atom is 0.242 e. The number of carbonyl (C=O) groups is 3. The fourth-order valence-corrected chi connectivity index (χ4v) is 1.58. The van der Waals surface area contributed by atoms with Crippen molar-refractivity contribution in [2.24, 2.45) is 0 Å². The molecule has 0 aliphatic heterocycles. The third-order valence-corrected chi connectivity index (χ3v) is 2.62. The molecule has 1 atom stereocenters. The lowest BCUT2D eigenvalue weighted by molar-refractivity contribution is -0.128. The highest BCUT2D eigenvalue weighted by molar-refractivity contribution is 8.13. The number of amides is 2. The third kappa shape index (κ3) is 7.28. The van der Waals surface area contributed by atoms with Crippen molar-refractivity contribution in [3.63, 3.8) is 0 Å². The van der Waals surface area contributed by atoms with Gasteiger partial charge in [0.15, 0.2) is 5.12 Å². The number of hydrogen-bond acceptors (Lipinski definition) is 4. The van der Waals surface area contributed by atoms with E-state index in [0.717, 1.165) is 0 Å². The summed E-state index contributed by atoms with van der Waals surface area (Å²) in [6, 6.07) is -0.486. The Bertz CT molecular complexity index is 269. The van der Waals surface area contributed by atoms with E-state index in [-0.39, 0.29) is 16.9 Å². The molecular formula is C10H18N2O3S. The molecular weight excluding hydrogens is 228 g/mol. The Morgan fingerprint density at radius 3 is 2.31 bits per heavy atom. The van der Waals surface area contributed by atoms with Crippen molar-refractivity contribution in [1.82, 2.24) is 10.6 Å². The molecule has 0 saturated carbocycles. The van der Waals surface area contributed by atoms with Crippen LogP contribution >= 0.6 is 11.8 Å². The van der Waals surface area contributed by atoms with Crippen LogP contribution in [0, 0.1) is 0 Å². The summed E-state index contributed by atoms with van der Waals surface area (Å²) in [5.74, 6) is 0.124. The van der Waals surface area contributed by atoms with Crippen molar-refractivity contribution < 1.29 is 14.4 Å². The van der Waals surface area contributed by atoms with E-state index in [1.807, 2.05) is 6.92 Å². The van der Waals surface area contributed by atoms with E-state index >= 15 is 0 Å². The molecule has 0 aromatic heterocycles. The smallest absolute Gasteiger partial charge is 0.242 e. The first kappa shape index (κ1) is 15.0. The van der Waals surface area contributed by atoms with E-state index in [9.17, 15) is 14.4 Å². The van der Waals surface area contributed by atoms with Crippen molar-refractivity contribution in [3.05, 3.63) is 0 Å². The van der Waals surface area contributed by atoms with Gasteiger partial charge >= 0.3 is 0 Å². The summed E-state index contributed by atoms with van der Waals surface area (Å²) < 4.78 is 0. The molecule has 0 aromatic rings. The molecule has 5 nitrogen and oxygen atoms in total. The van der Waals surface area contributed by atoms with Crippen LogP contribution in [0.2, 0.25) is 0 Å². The third-order valence-electron chi connectivity index (χ3n) is 1.81. The highest BCUT2D eigenvalue weighted by Gasteiger charge is 2.16. The summed E-state index contributed by atoms with van der Waals surface area (Å²) in [6.45, 7) is 5.11. The fourth-order valence-electron chi connectivity index (χ4n) is 1.09. The van der Waals surface area contributed by atoms with Crippen LogP contribution in [0.5, 0.6) is 0 Å². The first-order valence-corrected chi connectivity index (χ1v) is 6.14. The second-order valence-corrected chi connectivity index (χ2v) is 4.56. The molecule has 0 heterocycles. The van der Waals surface area contributed by atoms with Crippen LogP contribution in [0.3, 0.4) is 0 Å². The molecule has 6 heteroatoms. The molecule has 1 unspecified atom stereocenters. The molecule has 2 N–H and O–H groups in total. The SMILES string of the molecule is CCC(NC(C)=O)C(=O)NCCSC(C)=O. The van der Waals surface area contributed by atoms with E-state index in [0.29, 0.717) is 18.7 Å². The standard InChI is InChI=1S/C10H18N2O3S/c1-4-9(12-7(2)13)10(15)11-5-6-16-8(3)14/h9H,4-6H2,1-3H3,(H,11,15)(H,12,13). The average molecular weight is 246 g/mol. The molecule has 2 amide bonds. The van der Waals surface area contributed by atoms with Gasteiger partial charge in [0.1, 0.15) is 6.04 Å². The lowest BCUT2D eigenvalue weighted by Crippen LogP contribution is -2.46. The number of rotatable bonds is 6. The Labute approximate surface area is 99.7 Å². The van der Waals surface area contributed by atoms with Gasteiger partial charge in [-0.2, -0.15) is 0 Å². The number of carbonyl (C=O) groups excluding carboxylic acids is 3. The van der Waals surface area contributed by atoms with E-state index in [2.05, 4.69) is 10.6 Å². The number of nitrogens with one attached hydrogen (secondary N) is 2. The van der Waals surface area contributed by atoms with Crippen LogP contribution in [0.4, 0.5) is 0 Å². The predicted molar refractivity (Wildman–Crippen MR) is 64.0 cm³/mol. The van der Waals surface area contributed by atoms with Gasteiger partial charge in [-0.05, 0) is 6.42 Å². The Kier molecular flexibility index (Phi) is 7.62. The van der Waals surface area contributed by atoms with Gasteiger partial charge in [0, 0.05) is 26.1 Å². The van der Waals surface area contributed by atoms with Crippen LogP contribution in [-0.4, -0.2) is 35.3 Å². The predicted octanol–water partition coefficient (Wildman–Crippen LogP) is 0.297. The highest BCUT2D eigenvalue weighted by Crippen LogP contribution is 1.98. The molecule has 0 rings (SSSR count). The summed E-state index contributed by atoms with van der Waals surface area (Å²) in [7, 11) is 0. The summed E-state index contributed by atoms with van der Waals surface area (Å²) in [5, 5.41) is 5.25. The molecule has 0 fully saturated rings. The normalized spacial score (nSPS) is 11.7. The van der Waals surface area contributed by atoms with Crippen LogP contribution in [0.15, 0.2) is 0 Å². The van der Waals surface area contributed by atoms with Crippen LogP contribution in [-0.2, 0) is 14.4 Å². The summed E-state index contributed by atoms with van der Waals surface area (Å²) in [5.41, 5.74) is 0. The quantitative estimate of drug-likeness (QED) is 0.661. The molecule has 0 saturated heterocycles. The maximum atomic E-state index is 11.5. The molecule has 0 spiro atoms. The summed E-state index contributed by atoms with van der Waals surface area (Å²) in [4.78, 5) is 32.9.